The number of H-pyrrole nitrogens is 1. The van der Waals surface area contributed by atoms with Crippen molar-refractivity contribution in [2.75, 3.05) is 13.1 Å². The number of likely N-dealkylation sites (tertiary alicyclic amines) is 1. The number of nitrogens with zero attached hydrogens (tertiary/aromatic N) is 1. The Morgan fingerprint density at radius 3 is 2.49 bits per heavy atom. The second kappa shape index (κ2) is 11.3. The molecule has 0 bridgehead atoms. The number of fused-ring (bicyclic) bond motifs is 1. The summed E-state index contributed by atoms with van der Waals surface area (Å²) in [7, 11) is 0. The van der Waals surface area contributed by atoms with Crippen LogP contribution in [-0.4, -0.2) is 71.0 Å². The van der Waals surface area contributed by atoms with E-state index in [1.807, 2.05) is 66.7 Å². The zero-order chi connectivity index (χ0) is 30.3. The first kappa shape index (κ1) is 30.3. The third-order valence-corrected chi connectivity index (χ3v) is 9.00. The highest BCUT2D eigenvalue weighted by molar-refractivity contribution is 6.01. The number of nitrogens with one attached hydrogen (secondary N) is 4. The number of aldehydes is 1. The fraction of sp³-hybridized carbons (Fsp3) is 0.581. The zero-order valence-corrected chi connectivity index (χ0v) is 25.1. The predicted molar refractivity (Wildman–Crippen MR) is 156 cm³/mol. The van der Waals surface area contributed by atoms with E-state index in [0.717, 1.165) is 16.5 Å². The van der Waals surface area contributed by atoms with Gasteiger partial charge in [0.2, 0.25) is 17.7 Å². The van der Waals surface area contributed by atoms with Crippen LogP contribution in [0, 0.1) is 29.6 Å². The average Bonchev–Trinajstić information content (AvgIpc) is 3.57. The van der Waals surface area contributed by atoms with Crippen molar-refractivity contribution >= 4 is 40.8 Å². The van der Waals surface area contributed by atoms with Crippen LogP contribution in [0.3, 0.4) is 0 Å². The Bertz CT molecular complexity index is 1360. The molecule has 2 aliphatic heterocycles. The standard InChI is InChI=1S/C31H43N5O5/c1-17-9-8-10-22-21(17)14-23(34-22)27(39)35-24(30(3,4)5)29(41)36-15-18(2)31(6,7)25(36)28(40)33-20(16-37)13-19-11-12-32-26(19)38/h8-10,14,16,18-20,24-25,34H,11-13,15H2,1-7H3,(H,32,38)(H,33,40)(H,35,39)/t18-,19+,20+,24-,25-/m1/s1. The third-order valence-electron chi connectivity index (χ3n) is 9.00. The second-order valence-electron chi connectivity index (χ2n) is 13.4. The van der Waals surface area contributed by atoms with E-state index in [1.54, 1.807) is 11.0 Å². The van der Waals surface area contributed by atoms with Crippen molar-refractivity contribution < 1.29 is 24.0 Å². The molecule has 41 heavy (non-hydrogen) atoms. The van der Waals surface area contributed by atoms with Gasteiger partial charge >= 0.3 is 0 Å². The Balaban J connectivity index is 1.57. The van der Waals surface area contributed by atoms with Crippen LogP contribution < -0.4 is 16.0 Å². The van der Waals surface area contributed by atoms with Crippen molar-refractivity contribution in [2.45, 2.75) is 79.4 Å². The summed E-state index contributed by atoms with van der Waals surface area (Å²) in [5, 5.41) is 9.44. The van der Waals surface area contributed by atoms with Gasteiger partial charge in [-0.1, -0.05) is 53.7 Å². The van der Waals surface area contributed by atoms with E-state index in [0.29, 0.717) is 31.5 Å². The number of rotatable bonds is 8. The van der Waals surface area contributed by atoms with Gasteiger partial charge < -0.3 is 30.6 Å². The van der Waals surface area contributed by atoms with Crippen LogP contribution in [0.2, 0.25) is 0 Å². The predicted octanol–water partition coefficient (Wildman–Crippen LogP) is 2.70. The van der Waals surface area contributed by atoms with Crippen LogP contribution in [0.1, 0.15) is 70.4 Å². The molecule has 0 aliphatic carbocycles. The highest BCUT2D eigenvalue weighted by Crippen LogP contribution is 2.42. The molecule has 10 heteroatoms. The van der Waals surface area contributed by atoms with Gasteiger partial charge in [-0.25, -0.2) is 0 Å². The number of carbonyl (C=O) groups is 5. The van der Waals surface area contributed by atoms with Crippen molar-refractivity contribution in [1.29, 1.82) is 0 Å². The molecule has 5 atom stereocenters. The van der Waals surface area contributed by atoms with Gasteiger partial charge in [0.05, 0.1) is 6.04 Å². The van der Waals surface area contributed by atoms with Crippen molar-refractivity contribution in [1.82, 2.24) is 25.8 Å². The first-order valence-electron chi connectivity index (χ1n) is 14.4. The van der Waals surface area contributed by atoms with Crippen LogP contribution in [0.4, 0.5) is 0 Å². The Morgan fingerprint density at radius 2 is 1.90 bits per heavy atom. The minimum absolute atomic E-state index is 0.0227. The number of amides is 4. The molecule has 2 aromatic rings. The molecule has 4 amide bonds. The summed E-state index contributed by atoms with van der Waals surface area (Å²) in [4.78, 5) is 70.0. The largest absolute Gasteiger partial charge is 0.356 e. The average molecular weight is 566 g/mol. The van der Waals surface area contributed by atoms with Gasteiger partial charge in [0.25, 0.3) is 5.91 Å². The maximum atomic E-state index is 14.2. The summed E-state index contributed by atoms with van der Waals surface area (Å²) in [5.74, 6) is -1.68. The van der Waals surface area contributed by atoms with E-state index >= 15 is 0 Å². The third kappa shape index (κ3) is 6.01. The molecule has 0 saturated carbocycles. The lowest BCUT2D eigenvalue weighted by Gasteiger charge is -2.38. The van der Waals surface area contributed by atoms with Crippen LogP contribution in [0.5, 0.6) is 0 Å². The SMILES string of the molecule is Cc1cccc2[nH]c(C(=O)N[C@H](C(=O)N3C[C@@H](C)C(C)(C)[C@H]3C(=O)N[C@H](C=O)C[C@@H]3CCNC3=O)C(C)(C)C)cc12. The molecule has 0 spiro atoms. The van der Waals surface area contributed by atoms with Crippen molar-refractivity contribution in [2.24, 2.45) is 22.7 Å². The van der Waals surface area contributed by atoms with Crippen LogP contribution in [0.15, 0.2) is 24.3 Å². The quantitative estimate of drug-likeness (QED) is 0.365. The number of hydrogen-bond acceptors (Lipinski definition) is 5. The zero-order valence-electron chi connectivity index (χ0n) is 25.1. The van der Waals surface area contributed by atoms with Gasteiger partial charge in [-0.15, -0.1) is 0 Å². The highest BCUT2D eigenvalue weighted by Gasteiger charge is 2.53. The van der Waals surface area contributed by atoms with Gasteiger partial charge in [0, 0.05) is 29.9 Å². The summed E-state index contributed by atoms with van der Waals surface area (Å²) in [6.45, 7) is 14.3. The number of aromatic nitrogens is 1. The van der Waals surface area contributed by atoms with Crippen molar-refractivity contribution in [3.05, 3.63) is 35.5 Å². The van der Waals surface area contributed by atoms with E-state index in [1.165, 1.54) is 0 Å². The van der Waals surface area contributed by atoms with Gasteiger partial charge in [-0.3, -0.25) is 19.2 Å². The number of carbonyl (C=O) groups excluding carboxylic acids is 5. The molecule has 4 N–H and O–H groups in total. The van der Waals surface area contributed by atoms with E-state index in [9.17, 15) is 24.0 Å². The summed E-state index contributed by atoms with van der Waals surface area (Å²) in [6.07, 6.45) is 1.47. The number of hydrogen-bond donors (Lipinski definition) is 4. The summed E-state index contributed by atoms with van der Waals surface area (Å²) < 4.78 is 0. The Hall–Kier alpha value is -3.69. The van der Waals surface area contributed by atoms with Gasteiger partial charge in [-0.2, -0.15) is 0 Å². The first-order valence-corrected chi connectivity index (χ1v) is 14.4. The van der Waals surface area contributed by atoms with Gasteiger partial charge in [0.15, 0.2) is 0 Å². The van der Waals surface area contributed by atoms with Crippen LogP contribution in [0.25, 0.3) is 10.9 Å². The molecule has 2 fully saturated rings. The summed E-state index contributed by atoms with van der Waals surface area (Å²) in [5.41, 5.74) is 0.961. The fourth-order valence-corrected chi connectivity index (χ4v) is 6.04. The lowest BCUT2D eigenvalue weighted by Crippen LogP contribution is -2.60. The van der Waals surface area contributed by atoms with E-state index in [2.05, 4.69) is 20.9 Å². The van der Waals surface area contributed by atoms with E-state index < -0.39 is 40.8 Å². The van der Waals surface area contributed by atoms with E-state index in [4.69, 9.17) is 0 Å². The smallest absolute Gasteiger partial charge is 0.268 e. The summed E-state index contributed by atoms with van der Waals surface area (Å²) in [6, 6.07) is 4.95. The van der Waals surface area contributed by atoms with Crippen molar-refractivity contribution in [3.63, 3.8) is 0 Å². The molecular weight excluding hydrogens is 522 g/mol. The van der Waals surface area contributed by atoms with E-state index in [-0.39, 0.29) is 30.1 Å². The monoisotopic (exact) mass is 565 g/mol. The lowest BCUT2D eigenvalue weighted by atomic mass is 9.77. The first-order chi connectivity index (χ1) is 19.1. The summed E-state index contributed by atoms with van der Waals surface area (Å²) >= 11 is 0. The topological polar surface area (TPSA) is 140 Å². The molecule has 222 valence electrons. The number of benzene rings is 1. The minimum Gasteiger partial charge on any atom is -0.356 e. The molecule has 10 nitrogen and oxygen atoms in total. The molecule has 0 unspecified atom stereocenters. The molecule has 1 aromatic carbocycles. The molecular formula is C31H43N5O5. The molecule has 2 aliphatic rings. The normalized spacial score (nSPS) is 23.6. The second-order valence-corrected chi connectivity index (χ2v) is 13.4. The Labute approximate surface area is 241 Å². The molecule has 0 radical (unpaired) electrons. The lowest BCUT2D eigenvalue weighted by molar-refractivity contribution is -0.144. The Morgan fingerprint density at radius 1 is 1.20 bits per heavy atom. The van der Waals surface area contributed by atoms with Gasteiger partial charge in [-0.05, 0) is 54.2 Å². The Kier molecular flexibility index (Phi) is 8.34. The molecule has 1 aromatic heterocycles. The highest BCUT2D eigenvalue weighted by atomic mass is 16.2. The number of aromatic amines is 1. The van der Waals surface area contributed by atoms with Crippen molar-refractivity contribution in [3.8, 4) is 0 Å². The molecule has 2 saturated heterocycles. The van der Waals surface area contributed by atoms with Crippen LogP contribution >= 0.6 is 0 Å². The maximum Gasteiger partial charge on any atom is 0.268 e. The minimum atomic E-state index is -0.914. The maximum absolute atomic E-state index is 14.2. The van der Waals surface area contributed by atoms with Gasteiger partial charge in [0.1, 0.15) is 24.1 Å². The fourth-order valence-electron chi connectivity index (χ4n) is 6.04. The van der Waals surface area contributed by atoms with Crippen LogP contribution in [-0.2, 0) is 19.2 Å². The number of aryl methyl sites for hydroxylation is 1. The molecule has 3 heterocycles. The molecule has 4 rings (SSSR count).